The molecule has 112 valence electrons. The van der Waals surface area contributed by atoms with Crippen molar-refractivity contribution < 1.29 is 9.47 Å². The summed E-state index contributed by atoms with van der Waals surface area (Å²) in [5, 5.41) is 0. The number of likely N-dealkylation sites (tertiary alicyclic amines) is 1. The molecule has 1 aromatic rings. The van der Waals surface area contributed by atoms with Gasteiger partial charge in [0.15, 0.2) is 11.5 Å². The summed E-state index contributed by atoms with van der Waals surface area (Å²) in [5.74, 6) is 1.62. The summed E-state index contributed by atoms with van der Waals surface area (Å²) in [7, 11) is 3.80. The highest BCUT2D eigenvalue weighted by molar-refractivity contribution is 5.43. The van der Waals surface area contributed by atoms with Gasteiger partial charge in [0.25, 0.3) is 0 Å². The Balaban J connectivity index is 2.14. The monoisotopic (exact) mass is 278 g/mol. The molecule has 0 bridgehead atoms. The number of methoxy groups -OCH3 is 1. The zero-order valence-corrected chi connectivity index (χ0v) is 13.0. The van der Waals surface area contributed by atoms with Crippen LogP contribution in [0.25, 0.3) is 0 Å². The van der Waals surface area contributed by atoms with Crippen molar-refractivity contribution >= 4 is 0 Å². The van der Waals surface area contributed by atoms with Crippen molar-refractivity contribution in [2.24, 2.45) is 5.73 Å². The van der Waals surface area contributed by atoms with Crippen molar-refractivity contribution in [3.8, 4) is 11.5 Å². The molecule has 1 unspecified atom stereocenters. The van der Waals surface area contributed by atoms with E-state index in [1.807, 2.05) is 19.9 Å². The van der Waals surface area contributed by atoms with Gasteiger partial charge in [0, 0.05) is 18.6 Å². The molecule has 20 heavy (non-hydrogen) atoms. The fourth-order valence-electron chi connectivity index (χ4n) is 2.62. The van der Waals surface area contributed by atoms with Gasteiger partial charge in [-0.05, 0) is 51.4 Å². The first-order valence-electron chi connectivity index (χ1n) is 7.18. The number of likely N-dealkylation sites (N-methyl/N-ethyl adjacent to an activating group) is 1. The molecule has 0 aliphatic carbocycles. The predicted octanol–water partition coefficient (Wildman–Crippen LogP) is 2.06. The number of hydrogen-bond donors (Lipinski definition) is 1. The first kappa shape index (κ1) is 15.1. The van der Waals surface area contributed by atoms with Crippen LogP contribution >= 0.6 is 0 Å². The molecular formula is C16H26N2O2. The minimum atomic E-state index is -0.223. The summed E-state index contributed by atoms with van der Waals surface area (Å²) in [6.45, 7) is 6.12. The number of ether oxygens (including phenoxy) is 2. The molecule has 1 aliphatic rings. The van der Waals surface area contributed by atoms with Gasteiger partial charge >= 0.3 is 0 Å². The molecule has 1 fully saturated rings. The van der Waals surface area contributed by atoms with E-state index in [-0.39, 0.29) is 11.6 Å². The molecule has 1 aromatic carbocycles. The van der Waals surface area contributed by atoms with Crippen LogP contribution in [0.15, 0.2) is 18.2 Å². The third kappa shape index (κ3) is 4.12. The minimum absolute atomic E-state index is 0.223. The molecule has 4 nitrogen and oxygen atoms in total. The highest BCUT2D eigenvalue weighted by Crippen LogP contribution is 2.31. The third-order valence-electron chi connectivity index (χ3n) is 3.53. The van der Waals surface area contributed by atoms with E-state index in [0.29, 0.717) is 0 Å². The van der Waals surface area contributed by atoms with E-state index in [9.17, 15) is 0 Å². The van der Waals surface area contributed by atoms with Crippen molar-refractivity contribution in [3.05, 3.63) is 23.8 Å². The van der Waals surface area contributed by atoms with Gasteiger partial charge in [-0.15, -0.1) is 0 Å². The molecule has 4 heteroatoms. The smallest absolute Gasteiger partial charge is 0.161 e. The molecule has 2 rings (SSSR count). The Hall–Kier alpha value is -1.26. The summed E-state index contributed by atoms with van der Waals surface area (Å²) >= 11 is 0. The molecule has 0 saturated carbocycles. The van der Waals surface area contributed by atoms with Gasteiger partial charge < -0.3 is 20.1 Å². The Morgan fingerprint density at radius 1 is 1.35 bits per heavy atom. The van der Waals surface area contributed by atoms with E-state index >= 15 is 0 Å². The maximum atomic E-state index is 6.12. The summed E-state index contributed by atoms with van der Waals surface area (Å²) in [6, 6.07) is 6.09. The van der Waals surface area contributed by atoms with Gasteiger partial charge in [0.05, 0.1) is 7.11 Å². The van der Waals surface area contributed by atoms with E-state index in [2.05, 4.69) is 24.1 Å². The highest BCUT2D eigenvalue weighted by Gasteiger charge is 2.22. The number of hydrogen-bond acceptors (Lipinski definition) is 4. The number of rotatable bonds is 5. The Labute approximate surface area is 121 Å². The van der Waals surface area contributed by atoms with Crippen LogP contribution in [-0.2, 0) is 6.42 Å². The van der Waals surface area contributed by atoms with Crippen LogP contribution in [0.4, 0.5) is 0 Å². The lowest BCUT2D eigenvalue weighted by molar-refractivity contribution is 0.199. The Bertz CT molecular complexity index is 454. The normalized spacial score (nSPS) is 20.1. The summed E-state index contributed by atoms with van der Waals surface area (Å²) in [5.41, 5.74) is 7.05. The predicted molar refractivity (Wildman–Crippen MR) is 81.5 cm³/mol. The quantitative estimate of drug-likeness (QED) is 0.895. The second-order valence-corrected chi connectivity index (χ2v) is 6.44. The lowest BCUT2D eigenvalue weighted by Crippen LogP contribution is -2.34. The zero-order chi connectivity index (χ0) is 14.8. The molecule has 1 heterocycles. The first-order valence-corrected chi connectivity index (χ1v) is 7.18. The Morgan fingerprint density at radius 3 is 2.65 bits per heavy atom. The lowest BCUT2D eigenvalue weighted by atomic mass is 9.96. The number of nitrogens with two attached hydrogens (primary N) is 1. The molecule has 0 aromatic heterocycles. The largest absolute Gasteiger partial charge is 0.493 e. The zero-order valence-electron chi connectivity index (χ0n) is 13.0. The van der Waals surface area contributed by atoms with Crippen LogP contribution in [-0.4, -0.2) is 43.8 Å². The average molecular weight is 278 g/mol. The Morgan fingerprint density at radius 2 is 2.10 bits per heavy atom. The molecule has 0 radical (unpaired) electrons. The molecule has 0 amide bonds. The summed E-state index contributed by atoms with van der Waals surface area (Å²) < 4.78 is 11.5. The molecule has 1 saturated heterocycles. The van der Waals surface area contributed by atoms with E-state index in [0.717, 1.165) is 37.4 Å². The second-order valence-electron chi connectivity index (χ2n) is 6.44. The lowest BCUT2D eigenvalue weighted by Gasteiger charge is -2.21. The van der Waals surface area contributed by atoms with Gasteiger partial charge in [-0.25, -0.2) is 0 Å². The van der Waals surface area contributed by atoms with E-state index in [1.54, 1.807) is 7.11 Å². The van der Waals surface area contributed by atoms with Gasteiger partial charge in [-0.3, -0.25) is 0 Å². The van der Waals surface area contributed by atoms with Crippen LogP contribution in [0.2, 0.25) is 0 Å². The van der Waals surface area contributed by atoms with Crippen LogP contribution in [0, 0.1) is 0 Å². The fourth-order valence-corrected chi connectivity index (χ4v) is 2.62. The number of benzene rings is 1. The van der Waals surface area contributed by atoms with E-state index < -0.39 is 0 Å². The maximum Gasteiger partial charge on any atom is 0.161 e. The van der Waals surface area contributed by atoms with Gasteiger partial charge in [0.2, 0.25) is 0 Å². The average Bonchev–Trinajstić information content (AvgIpc) is 2.73. The van der Waals surface area contributed by atoms with Crippen LogP contribution in [0.1, 0.15) is 25.8 Å². The first-order chi connectivity index (χ1) is 9.37. The third-order valence-corrected chi connectivity index (χ3v) is 3.53. The second kappa shape index (κ2) is 6.02. The molecule has 2 N–H and O–H groups in total. The van der Waals surface area contributed by atoms with Crippen molar-refractivity contribution in [1.82, 2.24) is 4.90 Å². The van der Waals surface area contributed by atoms with Crippen molar-refractivity contribution in [1.29, 1.82) is 0 Å². The van der Waals surface area contributed by atoms with Crippen LogP contribution in [0.3, 0.4) is 0 Å². The summed E-state index contributed by atoms with van der Waals surface area (Å²) in [4.78, 5) is 2.28. The van der Waals surface area contributed by atoms with Gasteiger partial charge in [-0.1, -0.05) is 6.07 Å². The number of nitrogens with zero attached hydrogens (tertiary/aromatic N) is 1. The fraction of sp³-hybridized carbons (Fsp3) is 0.625. The molecule has 1 aliphatic heterocycles. The molecule has 0 spiro atoms. The van der Waals surface area contributed by atoms with E-state index in [4.69, 9.17) is 15.2 Å². The van der Waals surface area contributed by atoms with Crippen LogP contribution in [0.5, 0.6) is 11.5 Å². The SMILES string of the molecule is COc1ccc(CC(C)(C)N)cc1OC1CCN(C)C1. The van der Waals surface area contributed by atoms with E-state index in [1.165, 1.54) is 5.56 Å². The van der Waals surface area contributed by atoms with Gasteiger partial charge in [-0.2, -0.15) is 0 Å². The van der Waals surface area contributed by atoms with Crippen molar-refractivity contribution in [2.75, 3.05) is 27.2 Å². The summed E-state index contributed by atoms with van der Waals surface area (Å²) in [6.07, 6.45) is 2.12. The van der Waals surface area contributed by atoms with Gasteiger partial charge in [0.1, 0.15) is 6.10 Å². The highest BCUT2D eigenvalue weighted by atomic mass is 16.5. The maximum absolute atomic E-state index is 6.12. The standard InChI is InChI=1S/C16H26N2O2/c1-16(2,17)10-12-5-6-14(19-4)15(9-12)20-13-7-8-18(3)11-13/h5-6,9,13H,7-8,10-11,17H2,1-4H3. The minimum Gasteiger partial charge on any atom is -0.493 e. The topological polar surface area (TPSA) is 47.7 Å². The van der Waals surface area contributed by atoms with Crippen molar-refractivity contribution in [2.45, 2.75) is 38.3 Å². The van der Waals surface area contributed by atoms with Crippen molar-refractivity contribution in [3.63, 3.8) is 0 Å². The van der Waals surface area contributed by atoms with Crippen LogP contribution < -0.4 is 15.2 Å². The molecule has 1 atom stereocenters. The molecular weight excluding hydrogens is 252 g/mol. The Kier molecular flexibility index (Phi) is 4.55.